The van der Waals surface area contributed by atoms with E-state index in [1.807, 2.05) is 0 Å². The smallest absolute Gasteiger partial charge is 0.0430 e. The van der Waals surface area contributed by atoms with Gasteiger partial charge in [0.25, 0.3) is 0 Å². The maximum atomic E-state index is 5.74. The highest BCUT2D eigenvalue weighted by atomic mass is 15.0. The molecule has 100 valence electrons. The minimum Gasteiger partial charge on any atom is -0.318 e. The molecule has 2 aliphatic carbocycles. The van der Waals surface area contributed by atoms with Crippen molar-refractivity contribution in [3.63, 3.8) is 0 Å². The van der Waals surface area contributed by atoms with Gasteiger partial charge in [0.15, 0.2) is 0 Å². The molecule has 2 saturated carbocycles. The molecule has 5 atom stereocenters. The molecule has 0 spiro atoms. The van der Waals surface area contributed by atoms with Gasteiger partial charge in [0.2, 0.25) is 0 Å². The van der Waals surface area contributed by atoms with E-state index in [1.54, 1.807) is 0 Å². The molecule has 0 saturated heterocycles. The van der Waals surface area contributed by atoms with Crippen LogP contribution in [0.4, 0.5) is 0 Å². The van der Waals surface area contributed by atoms with Gasteiger partial charge < -0.3 is 11.1 Å². The lowest BCUT2D eigenvalue weighted by Crippen LogP contribution is -2.44. The summed E-state index contributed by atoms with van der Waals surface area (Å²) in [5.41, 5.74) is 5.74. The number of rotatable bonds is 3. The molecule has 2 heteroatoms. The van der Waals surface area contributed by atoms with Crippen LogP contribution in [-0.2, 0) is 0 Å². The van der Waals surface area contributed by atoms with Crippen LogP contribution in [0.2, 0.25) is 0 Å². The van der Waals surface area contributed by atoms with Crippen molar-refractivity contribution >= 4 is 0 Å². The molecule has 2 rings (SSSR count). The van der Waals surface area contributed by atoms with Gasteiger partial charge >= 0.3 is 0 Å². The second kappa shape index (κ2) is 6.19. The lowest BCUT2D eigenvalue weighted by atomic mass is 9.73. The Hall–Kier alpha value is -0.0800. The Kier molecular flexibility index (Phi) is 4.87. The average Bonchev–Trinajstić information content (AvgIpc) is 2.58. The molecule has 17 heavy (non-hydrogen) atoms. The monoisotopic (exact) mass is 238 g/mol. The van der Waals surface area contributed by atoms with Gasteiger partial charge in [-0.15, -0.1) is 0 Å². The molecule has 4 unspecified atom stereocenters. The zero-order valence-corrected chi connectivity index (χ0v) is 11.6. The third kappa shape index (κ3) is 2.85. The van der Waals surface area contributed by atoms with Gasteiger partial charge in [0.05, 0.1) is 0 Å². The zero-order valence-electron chi connectivity index (χ0n) is 11.6. The van der Waals surface area contributed by atoms with Crippen molar-refractivity contribution in [1.29, 1.82) is 0 Å². The van der Waals surface area contributed by atoms with Gasteiger partial charge in [-0.05, 0) is 30.1 Å². The molecule has 2 fully saturated rings. The molecule has 2 bridgehead atoms. The fourth-order valence-corrected chi connectivity index (χ4v) is 4.60. The van der Waals surface area contributed by atoms with Crippen molar-refractivity contribution in [3.8, 4) is 0 Å². The van der Waals surface area contributed by atoms with Gasteiger partial charge in [-0.1, -0.05) is 52.4 Å². The first kappa shape index (κ1) is 13.4. The standard InChI is InChI=1S/C15H30N2/c1-3-12-6-4-7-13-8-5-9-14(17-10-16)15(12)11(13)2/h11-15,17H,3-10,16H2,1-2H3/t11-,12?,13?,14?,15?/m1/s1. The highest BCUT2D eigenvalue weighted by molar-refractivity contribution is 4.92. The molecule has 0 aliphatic heterocycles. The fraction of sp³-hybridized carbons (Fsp3) is 1.00. The largest absolute Gasteiger partial charge is 0.318 e. The van der Waals surface area contributed by atoms with E-state index in [9.17, 15) is 0 Å². The molecule has 0 aromatic rings. The quantitative estimate of drug-likeness (QED) is 0.741. The molecule has 0 heterocycles. The predicted molar refractivity (Wildman–Crippen MR) is 73.6 cm³/mol. The third-order valence-corrected chi connectivity index (χ3v) is 5.50. The highest BCUT2D eigenvalue weighted by Crippen LogP contribution is 2.45. The molecule has 2 nitrogen and oxygen atoms in total. The Morgan fingerprint density at radius 3 is 2.47 bits per heavy atom. The van der Waals surface area contributed by atoms with E-state index in [-0.39, 0.29) is 0 Å². The number of hydrogen-bond donors (Lipinski definition) is 2. The summed E-state index contributed by atoms with van der Waals surface area (Å²) in [4.78, 5) is 0. The molecule has 0 aromatic carbocycles. The average molecular weight is 238 g/mol. The van der Waals surface area contributed by atoms with E-state index in [0.717, 1.165) is 23.7 Å². The van der Waals surface area contributed by atoms with Crippen LogP contribution in [0.25, 0.3) is 0 Å². The molecule has 0 aromatic heterocycles. The molecule has 0 amide bonds. The summed E-state index contributed by atoms with van der Waals surface area (Å²) >= 11 is 0. The number of hydrogen-bond acceptors (Lipinski definition) is 2. The SMILES string of the molecule is CCC1CCCC2CCCC(NCN)C1[C@@H]2C. The fourth-order valence-electron chi connectivity index (χ4n) is 4.60. The van der Waals surface area contributed by atoms with Crippen molar-refractivity contribution in [2.45, 2.75) is 64.8 Å². The van der Waals surface area contributed by atoms with Crippen molar-refractivity contribution in [2.24, 2.45) is 29.4 Å². The topological polar surface area (TPSA) is 38.0 Å². The van der Waals surface area contributed by atoms with Gasteiger partial charge in [-0.25, -0.2) is 0 Å². The maximum Gasteiger partial charge on any atom is 0.0430 e. The van der Waals surface area contributed by atoms with Crippen LogP contribution in [0.15, 0.2) is 0 Å². The van der Waals surface area contributed by atoms with Crippen LogP contribution in [-0.4, -0.2) is 12.7 Å². The molecule has 3 N–H and O–H groups in total. The third-order valence-electron chi connectivity index (χ3n) is 5.50. The van der Waals surface area contributed by atoms with E-state index < -0.39 is 0 Å². The van der Waals surface area contributed by atoms with Crippen LogP contribution >= 0.6 is 0 Å². The number of nitrogens with two attached hydrogens (primary N) is 1. The molecule has 0 radical (unpaired) electrons. The minimum atomic E-state index is 0.648. The van der Waals surface area contributed by atoms with Gasteiger partial charge in [0.1, 0.15) is 0 Å². The van der Waals surface area contributed by atoms with E-state index in [4.69, 9.17) is 5.73 Å². The first-order chi connectivity index (χ1) is 8.27. The molecular formula is C15H30N2. The Bertz CT molecular complexity index is 229. The minimum absolute atomic E-state index is 0.648. The van der Waals surface area contributed by atoms with Gasteiger partial charge in [0, 0.05) is 12.7 Å². The van der Waals surface area contributed by atoms with Gasteiger partial charge in [-0.3, -0.25) is 0 Å². The Labute approximate surface area is 107 Å². The summed E-state index contributed by atoms with van der Waals surface area (Å²) < 4.78 is 0. The number of nitrogens with one attached hydrogen (secondary N) is 1. The summed E-state index contributed by atoms with van der Waals surface area (Å²) in [6.07, 6.45) is 9.94. The van der Waals surface area contributed by atoms with Crippen LogP contribution in [0.5, 0.6) is 0 Å². The van der Waals surface area contributed by atoms with Gasteiger partial charge in [-0.2, -0.15) is 0 Å². The van der Waals surface area contributed by atoms with Crippen LogP contribution in [0.1, 0.15) is 58.8 Å². The van der Waals surface area contributed by atoms with Crippen molar-refractivity contribution in [1.82, 2.24) is 5.32 Å². The second-order valence-corrected chi connectivity index (χ2v) is 6.24. The summed E-state index contributed by atoms with van der Waals surface area (Å²) in [6, 6.07) is 0.683. The maximum absolute atomic E-state index is 5.74. The van der Waals surface area contributed by atoms with Crippen LogP contribution < -0.4 is 11.1 Å². The zero-order chi connectivity index (χ0) is 12.3. The first-order valence-corrected chi connectivity index (χ1v) is 7.71. The first-order valence-electron chi connectivity index (χ1n) is 7.71. The normalized spacial score (nSPS) is 42.9. The lowest BCUT2D eigenvalue weighted by Gasteiger charge is -2.36. The van der Waals surface area contributed by atoms with E-state index in [1.165, 1.54) is 44.9 Å². The summed E-state index contributed by atoms with van der Waals surface area (Å²) in [6.45, 7) is 5.54. The highest BCUT2D eigenvalue weighted by Gasteiger charge is 2.39. The van der Waals surface area contributed by atoms with E-state index >= 15 is 0 Å². The molecule has 2 aliphatic rings. The summed E-state index contributed by atoms with van der Waals surface area (Å²) in [5.74, 6) is 3.69. The Morgan fingerprint density at radius 1 is 1.12 bits per heavy atom. The predicted octanol–water partition coefficient (Wildman–Crippen LogP) is 3.12. The van der Waals surface area contributed by atoms with Crippen molar-refractivity contribution in [3.05, 3.63) is 0 Å². The second-order valence-electron chi connectivity index (χ2n) is 6.24. The van der Waals surface area contributed by atoms with E-state index in [0.29, 0.717) is 12.7 Å². The Balaban J connectivity index is 2.19. The van der Waals surface area contributed by atoms with Crippen molar-refractivity contribution < 1.29 is 0 Å². The Morgan fingerprint density at radius 2 is 1.82 bits per heavy atom. The van der Waals surface area contributed by atoms with Crippen molar-refractivity contribution in [2.75, 3.05) is 6.67 Å². The summed E-state index contributed by atoms with van der Waals surface area (Å²) in [7, 11) is 0. The summed E-state index contributed by atoms with van der Waals surface area (Å²) in [5, 5.41) is 3.58. The van der Waals surface area contributed by atoms with Crippen LogP contribution in [0.3, 0.4) is 0 Å². The number of fused-ring (bicyclic) bond motifs is 2. The van der Waals surface area contributed by atoms with E-state index in [2.05, 4.69) is 19.2 Å². The molecular weight excluding hydrogens is 208 g/mol. The lowest BCUT2D eigenvalue weighted by molar-refractivity contribution is 0.154. The van der Waals surface area contributed by atoms with Crippen LogP contribution in [0, 0.1) is 23.7 Å².